The Morgan fingerprint density at radius 3 is 2.80 bits per heavy atom. The van der Waals surface area contributed by atoms with Gasteiger partial charge in [0.25, 0.3) is 0 Å². The number of thiazole rings is 1. The quantitative estimate of drug-likeness (QED) is 0.913. The smallest absolute Gasteiger partial charge is 0.113 e. The van der Waals surface area contributed by atoms with E-state index >= 15 is 0 Å². The van der Waals surface area contributed by atoms with E-state index in [1.807, 2.05) is 7.05 Å². The van der Waals surface area contributed by atoms with E-state index in [9.17, 15) is 0 Å². The predicted octanol–water partition coefficient (Wildman–Crippen LogP) is 3.51. The van der Waals surface area contributed by atoms with Crippen LogP contribution in [0.1, 0.15) is 18.9 Å². The Labute approximate surface area is 102 Å². The third kappa shape index (κ3) is 2.07. The van der Waals surface area contributed by atoms with Gasteiger partial charge in [-0.15, -0.1) is 11.3 Å². The van der Waals surface area contributed by atoms with E-state index in [4.69, 9.17) is 0 Å². The molecular formula is C11H13BrN2S. The molecule has 1 aromatic carbocycles. The normalized spacial score (nSPS) is 12.3. The summed E-state index contributed by atoms with van der Waals surface area (Å²) in [6.07, 6.45) is 0. The zero-order valence-corrected chi connectivity index (χ0v) is 11.4. The van der Waals surface area contributed by atoms with Crippen LogP contribution in [-0.4, -0.2) is 12.0 Å². The Morgan fingerprint density at radius 2 is 2.13 bits per heavy atom. The van der Waals surface area contributed by atoms with Gasteiger partial charge in [-0.2, -0.15) is 0 Å². The largest absolute Gasteiger partial charge is 0.309 e. The summed E-state index contributed by atoms with van der Waals surface area (Å²) in [5.74, 6) is 0. The van der Waals surface area contributed by atoms with E-state index in [0.29, 0.717) is 0 Å². The monoisotopic (exact) mass is 284 g/mol. The first-order valence-electron chi connectivity index (χ1n) is 4.78. The summed E-state index contributed by atoms with van der Waals surface area (Å²) in [4.78, 5) is 4.64. The van der Waals surface area contributed by atoms with Crippen LogP contribution in [0.25, 0.3) is 10.2 Å². The highest BCUT2D eigenvalue weighted by Crippen LogP contribution is 2.30. The highest BCUT2D eigenvalue weighted by Gasteiger charge is 2.22. The van der Waals surface area contributed by atoms with Crippen molar-refractivity contribution < 1.29 is 0 Å². The molecule has 2 aromatic rings. The highest BCUT2D eigenvalue weighted by atomic mass is 79.9. The number of nitrogens with zero attached hydrogens (tertiary/aromatic N) is 1. The van der Waals surface area contributed by atoms with Gasteiger partial charge >= 0.3 is 0 Å². The second-order valence-corrected chi connectivity index (χ2v) is 5.95. The van der Waals surface area contributed by atoms with Crippen molar-refractivity contribution in [1.82, 2.24) is 10.3 Å². The van der Waals surface area contributed by atoms with E-state index in [0.717, 1.165) is 15.0 Å². The minimum Gasteiger partial charge on any atom is -0.309 e. The van der Waals surface area contributed by atoms with E-state index in [1.165, 1.54) is 4.70 Å². The molecule has 0 atom stereocenters. The van der Waals surface area contributed by atoms with Gasteiger partial charge in [0.15, 0.2) is 0 Å². The maximum atomic E-state index is 4.64. The van der Waals surface area contributed by atoms with E-state index in [-0.39, 0.29) is 5.54 Å². The molecule has 0 unspecified atom stereocenters. The van der Waals surface area contributed by atoms with Crippen molar-refractivity contribution in [2.75, 3.05) is 7.05 Å². The fourth-order valence-electron chi connectivity index (χ4n) is 1.27. The molecule has 0 aliphatic rings. The first-order chi connectivity index (χ1) is 7.03. The molecule has 1 aromatic heterocycles. The number of nitrogens with one attached hydrogen (secondary N) is 1. The number of hydrogen-bond donors (Lipinski definition) is 1. The Balaban J connectivity index is 2.56. The van der Waals surface area contributed by atoms with E-state index < -0.39 is 0 Å². The van der Waals surface area contributed by atoms with Crippen LogP contribution in [0, 0.1) is 0 Å². The summed E-state index contributed by atoms with van der Waals surface area (Å²) >= 11 is 5.20. The number of halogens is 1. The maximum Gasteiger partial charge on any atom is 0.113 e. The van der Waals surface area contributed by atoms with Gasteiger partial charge in [0.1, 0.15) is 5.01 Å². The summed E-state index contributed by atoms with van der Waals surface area (Å²) in [6, 6.07) is 6.21. The van der Waals surface area contributed by atoms with Crippen LogP contribution in [0.15, 0.2) is 22.7 Å². The molecular weight excluding hydrogens is 272 g/mol. The Hall–Kier alpha value is -0.450. The average Bonchev–Trinajstić information content (AvgIpc) is 2.61. The number of rotatable bonds is 2. The molecule has 0 saturated carbocycles. The third-order valence-electron chi connectivity index (χ3n) is 2.51. The molecule has 80 valence electrons. The van der Waals surface area contributed by atoms with Crippen LogP contribution < -0.4 is 5.32 Å². The van der Waals surface area contributed by atoms with E-state index in [2.05, 4.69) is 58.3 Å². The standard InChI is InChI=1S/C11H13BrN2S/c1-11(2,13-3)10-14-8-6-7(12)4-5-9(8)15-10/h4-6,13H,1-3H3. The summed E-state index contributed by atoms with van der Waals surface area (Å²) < 4.78 is 2.31. The van der Waals surface area contributed by atoms with Crippen LogP contribution in [0.4, 0.5) is 0 Å². The molecule has 0 bridgehead atoms. The summed E-state index contributed by atoms with van der Waals surface area (Å²) in [6.45, 7) is 4.28. The lowest BCUT2D eigenvalue weighted by Crippen LogP contribution is -2.32. The zero-order valence-electron chi connectivity index (χ0n) is 8.97. The van der Waals surface area contributed by atoms with Crippen molar-refractivity contribution in [3.63, 3.8) is 0 Å². The van der Waals surface area contributed by atoms with Gasteiger partial charge in [-0.1, -0.05) is 15.9 Å². The van der Waals surface area contributed by atoms with Crippen molar-refractivity contribution in [3.05, 3.63) is 27.7 Å². The van der Waals surface area contributed by atoms with Gasteiger partial charge in [-0.05, 0) is 39.1 Å². The maximum absolute atomic E-state index is 4.64. The lowest BCUT2D eigenvalue weighted by Gasteiger charge is -2.20. The van der Waals surface area contributed by atoms with Crippen LogP contribution in [0.5, 0.6) is 0 Å². The fraction of sp³-hybridized carbons (Fsp3) is 0.364. The molecule has 0 aliphatic heterocycles. The van der Waals surface area contributed by atoms with Crippen LogP contribution >= 0.6 is 27.3 Å². The Kier molecular flexibility index (Phi) is 2.83. The lowest BCUT2D eigenvalue weighted by molar-refractivity contribution is 0.443. The summed E-state index contributed by atoms with van der Waals surface area (Å²) in [5.41, 5.74) is 1.00. The molecule has 2 nitrogen and oxygen atoms in total. The topological polar surface area (TPSA) is 24.9 Å². The number of benzene rings is 1. The Bertz CT molecular complexity index is 490. The Morgan fingerprint density at radius 1 is 1.40 bits per heavy atom. The third-order valence-corrected chi connectivity index (χ3v) is 4.36. The molecule has 0 spiro atoms. The zero-order chi connectivity index (χ0) is 11.1. The molecule has 15 heavy (non-hydrogen) atoms. The SMILES string of the molecule is CNC(C)(C)c1nc2cc(Br)ccc2s1. The van der Waals surface area contributed by atoms with Crippen molar-refractivity contribution >= 4 is 37.5 Å². The average molecular weight is 285 g/mol. The molecule has 1 heterocycles. The molecule has 4 heteroatoms. The highest BCUT2D eigenvalue weighted by molar-refractivity contribution is 9.10. The van der Waals surface area contributed by atoms with Crippen molar-refractivity contribution in [2.45, 2.75) is 19.4 Å². The van der Waals surface area contributed by atoms with E-state index in [1.54, 1.807) is 11.3 Å². The van der Waals surface area contributed by atoms with Crippen molar-refractivity contribution in [3.8, 4) is 0 Å². The molecule has 0 amide bonds. The second kappa shape index (κ2) is 3.85. The van der Waals surface area contributed by atoms with Gasteiger partial charge in [-0.25, -0.2) is 4.98 Å². The van der Waals surface area contributed by atoms with Crippen LogP contribution in [0.2, 0.25) is 0 Å². The van der Waals surface area contributed by atoms with Gasteiger partial charge in [-0.3, -0.25) is 0 Å². The molecule has 0 saturated heterocycles. The molecule has 0 fully saturated rings. The lowest BCUT2D eigenvalue weighted by atomic mass is 10.1. The summed E-state index contributed by atoms with van der Waals surface area (Å²) in [5, 5.41) is 4.39. The summed E-state index contributed by atoms with van der Waals surface area (Å²) in [7, 11) is 1.96. The first-order valence-corrected chi connectivity index (χ1v) is 6.39. The predicted molar refractivity (Wildman–Crippen MR) is 69.4 cm³/mol. The minimum atomic E-state index is -0.0594. The number of aromatic nitrogens is 1. The molecule has 2 rings (SSSR count). The second-order valence-electron chi connectivity index (χ2n) is 4.01. The number of fused-ring (bicyclic) bond motifs is 1. The van der Waals surface area contributed by atoms with Crippen molar-refractivity contribution in [1.29, 1.82) is 0 Å². The van der Waals surface area contributed by atoms with Crippen LogP contribution in [-0.2, 0) is 5.54 Å². The van der Waals surface area contributed by atoms with Crippen molar-refractivity contribution in [2.24, 2.45) is 0 Å². The van der Waals surface area contributed by atoms with Gasteiger partial charge in [0.2, 0.25) is 0 Å². The molecule has 1 N–H and O–H groups in total. The van der Waals surface area contributed by atoms with Gasteiger partial charge < -0.3 is 5.32 Å². The molecule has 0 radical (unpaired) electrons. The minimum absolute atomic E-state index is 0.0594. The van der Waals surface area contributed by atoms with Gasteiger partial charge in [0, 0.05) is 4.47 Å². The van der Waals surface area contributed by atoms with Crippen LogP contribution in [0.3, 0.4) is 0 Å². The van der Waals surface area contributed by atoms with Gasteiger partial charge in [0.05, 0.1) is 15.8 Å². The fourth-order valence-corrected chi connectivity index (χ4v) is 2.68. The first kappa shape index (κ1) is 11.0. The molecule has 0 aliphatic carbocycles. The number of hydrogen-bond acceptors (Lipinski definition) is 3.